The van der Waals surface area contributed by atoms with Gasteiger partial charge in [-0.05, 0) is 52.9 Å². The zero-order valence-electron chi connectivity index (χ0n) is 9.02. The fourth-order valence-electron chi connectivity index (χ4n) is 1.35. The molecule has 2 aromatic rings. The number of hydrogen-bond donors (Lipinski definition) is 2. The number of phenolic OH excluding ortho intramolecular Hbond substituents is 1. The third-order valence-corrected chi connectivity index (χ3v) is 3.33. The maximum atomic E-state index is 12.0. The minimum absolute atomic E-state index is 0.0529. The monoisotopic (exact) mass is 418 g/mol. The summed E-state index contributed by atoms with van der Waals surface area (Å²) in [6.45, 7) is 0. The second-order valence-corrected chi connectivity index (χ2v) is 5.64. The molecule has 6 heteroatoms. The largest absolute Gasteiger partial charge is 0.507 e. The van der Waals surface area contributed by atoms with E-state index in [0.717, 1.165) is 8.04 Å². The van der Waals surface area contributed by atoms with Crippen LogP contribution in [0.3, 0.4) is 0 Å². The summed E-state index contributed by atoms with van der Waals surface area (Å²) in [5, 5.41) is 12.3. The van der Waals surface area contributed by atoms with E-state index in [1.807, 2.05) is 0 Å². The van der Waals surface area contributed by atoms with Crippen LogP contribution in [0.2, 0.25) is 0 Å². The molecule has 4 nitrogen and oxygen atoms in total. The summed E-state index contributed by atoms with van der Waals surface area (Å²) in [5.41, 5.74) is 0.226. The standard InChI is InChI=1S/C12H8BrIN2O2/c13-7-3-4-15-11(5-7)16-12(18)9-6-8(14)1-2-10(9)17/h1-6,17H,(H,15,16,18). The number of carbonyl (C=O) groups is 1. The van der Waals surface area contributed by atoms with Crippen molar-refractivity contribution in [3.63, 3.8) is 0 Å². The zero-order chi connectivity index (χ0) is 13.1. The van der Waals surface area contributed by atoms with Gasteiger partial charge in [-0.15, -0.1) is 0 Å². The molecule has 2 rings (SSSR count). The summed E-state index contributed by atoms with van der Waals surface area (Å²) in [5.74, 6) is -0.0211. The van der Waals surface area contributed by atoms with Crippen LogP contribution >= 0.6 is 38.5 Å². The Kier molecular flexibility index (Phi) is 4.18. The molecule has 0 spiro atoms. The molecule has 1 aromatic carbocycles. The second-order valence-electron chi connectivity index (χ2n) is 3.47. The molecule has 1 aromatic heterocycles. The molecule has 0 saturated heterocycles. The van der Waals surface area contributed by atoms with Crippen LogP contribution in [0.4, 0.5) is 5.82 Å². The van der Waals surface area contributed by atoms with Crippen LogP contribution in [0.5, 0.6) is 5.75 Å². The molecule has 2 N–H and O–H groups in total. The second kappa shape index (κ2) is 5.66. The molecule has 92 valence electrons. The van der Waals surface area contributed by atoms with Gasteiger partial charge in [0.25, 0.3) is 5.91 Å². The van der Waals surface area contributed by atoms with Crippen LogP contribution in [-0.2, 0) is 0 Å². The fourth-order valence-corrected chi connectivity index (χ4v) is 2.17. The molecule has 0 fully saturated rings. The third-order valence-electron chi connectivity index (χ3n) is 2.17. The number of carbonyl (C=O) groups excluding carboxylic acids is 1. The topological polar surface area (TPSA) is 62.2 Å². The van der Waals surface area contributed by atoms with Gasteiger partial charge in [0.1, 0.15) is 11.6 Å². The summed E-state index contributed by atoms with van der Waals surface area (Å²) < 4.78 is 1.69. The SMILES string of the molecule is O=C(Nc1cc(Br)ccn1)c1cc(I)ccc1O. The lowest BCUT2D eigenvalue weighted by Gasteiger charge is -2.06. The van der Waals surface area contributed by atoms with Gasteiger partial charge in [-0.3, -0.25) is 4.79 Å². The van der Waals surface area contributed by atoms with E-state index in [0.29, 0.717) is 5.82 Å². The van der Waals surface area contributed by atoms with Crippen molar-refractivity contribution < 1.29 is 9.90 Å². The van der Waals surface area contributed by atoms with Crippen molar-refractivity contribution >= 4 is 50.2 Å². The average Bonchev–Trinajstić information content (AvgIpc) is 2.32. The van der Waals surface area contributed by atoms with E-state index in [9.17, 15) is 9.90 Å². The number of hydrogen-bond acceptors (Lipinski definition) is 3. The first-order valence-electron chi connectivity index (χ1n) is 4.97. The Bertz CT molecular complexity index is 604. The minimum atomic E-state index is -0.392. The van der Waals surface area contributed by atoms with Crippen LogP contribution < -0.4 is 5.32 Å². The fraction of sp³-hybridized carbons (Fsp3) is 0. The highest BCUT2D eigenvalue weighted by molar-refractivity contribution is 14.1. The molecule has 0 saturated carbocycles. The Morgan fingerprint density at radius 1 is 1.33 bits per heavy atom. The number of pyridine rings is 1. The van der Waals surface area contributed by atoms with Gasteiger partial charge in [-0.25, -0.2) is 4.98 Å². The molecule has 0 radical (unpaired) electrons. The first kappa shape index (κ1) is 13.3. The summed E-state index contributed by atoms with van der Waals surface area (Å²) in [6.07, 6.45) is 1.58. The van der Waals surface area contributed by atoms with Gasteiger partial charge < -0.3 is 10.4 Å². The molecular weight excluding hydrogens is 411 g/mol. The first-order valence-corrected chi connectivity index (χ1v) is 6.85. The number of aromatic nitrogens is 1. The molecule has 0 atom stereocenters. The normalized spacial score (nSPS) is 10.1. The quantitative estimate of drug-likeness (QED) is 0.734. The number of phenols is 1. The molecule has 0 aliphatic heterocycles. The van der Waals surface area contributed by atoms with Crippen molar-refractivity contribution in [2.24, 2.45) is 0 Å². The van der Waals surface area contributed by atoms with Crippen molar-refractivity contribution in [1.29, 1.82) is 0 Å². The first-order chi connectivity index (χ1) is 8.56. The van der Waals surface area contributed by atoms with Gasteiger partial charge >= 0.3 is 0 Å². The summed E-state index contributed by atoms with van der Waals surface area (Å²) in [6, 6.07) is 8.28. The van der Waals surface area contributed by atoms with Gasteiger partial charge in [-0.1, -0.05) is 15.9 Å². The minimum Gasteiger partial charge on any atom is -0.507 e. The maximum absolute atomic E-state index is 12.0. The predicted octanol–water partition coefficient (Wildman–Crippen LogP) is 3.41. The highest BCUT2D eigenvalue weighted by atomic mass is 127. The third kappa shape index (κ3) is 3.20. The van der Waals surface area contributed by atoms with Crippen molar-refractivity contribution in [2.75, 3.05) is 5.32 Å². The van der Waals surface area contributed by atoms with E-state index >= 15 is 0 Å². The van der Waals surface area contributed by atoms with E-state index in [1.165, 1.54) is 6.07 Å². The smallest absolute Gasteiger partial charge is 0.260 e. The molecule has 1 amide bonds. The van der Waals surface area contributed by atoms with Gasteiger partial charge in [0.2, 0.25) is 0 Å². The van der Waals surface area contributed by atoms with E-state index < -0.39 is 5.91 Å². The van der Waals surface area contributed by atoms with Crippen LogP contribution in [0.1, 0.15) is 10.4 Å². The lowest BCUT2D eigenvalue weighted by atomic mass is 10.2. The average molecular weight is 419 g/mol. The number of nitrogens with one attached hydrogen (secondary N) is 1. The highest BCUT2D eigenvalue weighted by Crippen LogP contribution is 2.21. The Labute approximate surface area is 126 Å². The van der Waals surface area contributed by atoms with Gasteiger partial charge in [0, 0.05) is 14.2 Å². The van der Waals surface area contributed by atoms with Crippen molar-refractivity contribution in [3.8, 4) is 5.75 Å². The zero-order valence-corrected chi connectivity index (χ0v) is 12.8. The number of rotatable bonds is 2. The maximum Gasteiger partial charge on any atom is 0.260 e. The number of nitrogens with zero attached hydrogens (tertiary/aromatic N) is 1. The Balaban J connectivity index is 2.24. The van der Waals surface area contributed by atoms with E-state index in [-0.39, 0.29) is 11.3 Å². The predicted molar refractivity (Wildman–Crippen MR) is 80.7 cm³/mol. The molecule has 0 unspecified atom stereocenters. The van der Waals surface area contributed by atoms with Gasteiger partial charge in [0.15, 0.2) is 0 Å². The van der Waals surface area contributed by atoms with Crippen LogP contribution in [-0.4, -0.2) is 16.0 Å². The Morgan fingerprint density at radius 3 is 2.83 bits per heavy atom. The Morgan fingerprint density at radius 2 is 2.11 bits per heavy atom. The molecule has 0 bridgehead atoms. The van der Waals surface area contributed by atoms with Crippen LogP contribution in [0.15, 0.2) is 41.0 Å². The van der Waals surface area contributed by atoms with E-state index in [1.54, 1.807) is 30.5 Å². The summed E-state index contributed by atoms with van der Waals surface area (Å²) in [7, 11) is 0. The number of aromatic hydroxyl groups is 1. The Hall–Kier alpha value is -1.15. The number of anilines is 1. The van der Waals surface area contributed by atoms with E-state index in [2.05, 4.69) is 48.8 Å². The molecular formula is C12H8BrIN2O2. The van der Waals surface area contributed by atoms with E-state index in [4.69, 9.17) is 0 Å². The van der Waals surface area contributed by atoms with Gasteiger partial charge in [-0.2, -0.15) is 0 Å². The molecule has 0 aliphatic rings. The van der Waals surface area contributed by atoms with Crippen LogP contribution in [0.25, 0.3) is 0 Å². The summed E-state index contributed by atoms with van der Waals surface area (Å²) in [4.78, 5) is 16.0. The number of benzene rings is 1. The van der Waals surface area contributed by atoms with Crippen molar-refractivity contribution in [1.82, 2.24) is 4.98 Å². The van der Waals surface area contributed by atoms with Crippen molar-refractivity contribution in [3.05, 3.63) is 50.1 Å². The highest BCUT2D eigenvalue weighted by Gasteiger charge is 2.12. The lowest BCUT2D eigenvalue weighted by Crippen LogP contribution is -2.13. The molecule has 0 aliphatic carbocycles. The number of halogens is 2. The molecule has 18 heavy (non-hydrogen) atoms. The van der Waals surface area contributed by atoms with Gasteiger partial charge in [0.05, 0.1) is 5.56 Å². The van der Waals surface area contributed by atoms with Crippen LogP contribution in [0, 0.1) is 3.57 Å². The lowest BCUT2D eigenvalue weighted by molar-refractivity contribution is 0.102. The molecule has 1 heterocycles. The van der Waals surface area contributed by atoms with Crippen molar-refractivity contribution in [2.45, 2.75) is 0 Å². The number of amides is 1. The summed E-state index contributed by atoms with van der Waals surface area (Å²) >= 11 is 5.37.